The van der Waals surface area contributed by atoms with E-state index in [0.717, 1.165) is 24.9 Å². The van der Waals surface area contributed by atoms with Gasteiger partial charge in [0.25, 0.3) is 0 Å². The van der Waals surface area contributed by atoms with E-state index in [4.69, 9.17) is 4.74 Å². The van der Waals surface area contributed by atoms with Crippen molar-refractivity contribution in [2.75, 3.05) is 6.54 Å². The Balaban J connectivity index is 2.16. The highest BCUT2D eigenvalue weighted by Gasteiger charge is 2.41. The van der Waals surface area contributed by atoms with Crippen molar-refractivity contribution < 1.29 is 9.13 Å². The summed E-state index contributed by atoms with van der Waals surface area (Å²) < 4.78 is 20.0. The van der Waals surface area contributed by atoms with E-state index in [-0.39, 0.29) is 24.1 Å². The number of rotatable bonds is 6. The Hall–Kier alpha value is -0.930. The molecule has 1 aliphatic rings. The third-order valence-electron chi connectivity index (χ3n) is 4.84. The molecule has 118 valence electrons. The van der Waals surface area contributed by atoms with Crippen molar-refractivity contribution in [3.05, 3.63) is 35.6 Å². The quantitative estimate of drug-likeness (QED) is 0.861. The lowest BCUT2D eigenvalue weighted by Gasteiger charge is -2.30. The molecule has 0 spiro atoms. The van der Waals surface area contributed by atoms with Crippen LogP contribution in [0.3, 0.4) is 0 Å². The third-order valence-corrected chi connectivity index (χ3v) is 4.84. The molecule has 2 nitrogen and oxygen atoms in total. The molecule has 1 saturated heterocycles. The molecular formula is C18H28FNO. The van der Waals surface area contributed by atoms with Gasteiger partial charge in [0.1, 0.15) is 5.82 Å². The average Bonchev–Trinajstić information content (AvgIpc) is 2.71. The summed E-state index contributed by atoms with van der Waals surface area (Å²) in [5.74, 6) is 0.806. The summed E-state index contributed by atoms with van der Waals surface area (Å²) in [5.41, 5.74) is 0.796. The molecule has 0 aromatic heterocycles. The van der Waals surface area contributed by atoms with Crippen LogP contribution in [0.4, 0.5) is 4.39 Å². The number of ether oxygens (including phenoxy) is 1. The van der Waals surface area contributed by atoms with E-state index in [1.54, 1.807) is 12.1 Å². The standard InChI is InChI=1S/C18H28FNO/c1-5-10-20-17(11-15-8-6-7-9-16(15)19)18-12(2)13(3)21-14(18)4/h6-9,12-14,17-18,20H,5,10-11H2,1-4H3. The van der Waals surface area contributed by atoms with E-state index in [0.29, 0.717) is 11.8 Å². The van der Waals surface area contributed by atoms with Gasteiger partial charge in [0.05, 0.1) is 12.2 Å². The van der Waals surface area contributed by atoms with E-state index >= 15 is 0 Å². The minimum absolute atomic E-state index is 0.104. The highest BCUT2D eigenvalue weighted by atomic mass is 19.1. The molecule has 1 N–H and O–H groups in total. The molecule has 2 rings (SSSR count). The van der Waals surface area contributed by atoms with Crippen LogP contribution in [-0.4, -0.2) is 24.8 Å². The molecule has 1 aromatic carbocycles. The van der Waals surface area contributed by atoms with Gasteiger partial charge in [-0.25, -0.2) is 4.39 Å². The van der Waals surface area contributed by atoms with Crippen LogP contribution in [0.2, 0.25) is 0 Å². The largest absolute Gasteiger partial charge is 0.375 e. The zero-order chi connectivity index (χ0) is 15.4. The fourth-order valence-electron chi connectivity index (χ4n) is 3.56. The lowest BCUT2D eigenvalue weighted by atomic mass is 9.81. The first-order valence-electron chi connectivity index (χ1n) is 8.16. The third kappa shape index (κ3) is 3.83. The van der Waals surface area contributed by atoms with Crippen molar-refractivity contribution in [3.63, 3.8) is 0 Å². The summed E-state index contributed by atoms with van der Waals surface area (Å²) in [6.45, 7) is 9.66. The molecule has 0 saturated carbocycles. The Labute approximate surface area is 128 Å². The lowest BCUT2D eigenvalue weighted by molar-refractivity contribution is 0.0475. The van der Waals surface area contributed by atoms with Crippen molar-refractivity contribution in [1.82, 2.24) is 5.32 Å². The molecular weight excluding hydrogens is 265 g/mol. The zero-order valence-electron chi connectivity index (χ0n) is 13.6. The molecule has 1 fully saturated rings. The van der Waals surface area contributed by atoms with Crippen molar-refractivity contribution >= 4 is 0 Å². The molecule has 0 aliphatic carbocycles. The van der Waals surface area contributed by atoms with Crippen molar-refractivity contribution in [2.45, 2.75) is 58.8 Å². The van der Waals surface area contributed by atoms with Gasteiger partial charge in [-0.2, -0.15) is 0 Å². The molecule has 0 bridgehead atoms. The predicted octanol–water partition coefficient (Wildman–Crippen LogP) is 3.80. The maximum atomic E-state index is 14.0. The lowest BCUT2D eigenvalue weighted by Crippen LogP contribution is -2.43. The second-order valence-corrected chi connectivity index (χ2v) is 6.34. The second kappa shape index (κ2) is 7.37. The van der Waals surface area contributed by atoms with Gasteiger partial charge in [-0.3, -0.25) is 0 Å². The molecule has 5 atom stereocenters. The van der Waals surface area contributed by atoms with E-state index < -0.39 is 0 Å². The van der Waals surface area contributed by atoms with Crippen LogP contribution in [0.25, 0.3) is 0 Å². The summed E-state index contributed by atoms with van der Waals surface area (Å²) in [6.07, 6.45) is 2.30. The van der Waals surface area contributed by atoms with Crippen molar-refractivity contribution in [3.8, 4) is 0 Å². The Bertz CT molecular complexity index is 451. The molecule has 1 aliphatic heterocycles. The SMILES string of the molecule is CCCNC(Cc1ccccc1F)C1C(C)OC(C)C1C. The molecule has 1 heterocycles. The molecule has 0 radical (unpaired) electrons. The summed E-state index contributed by atoms with van der Waals surface area (Å²) in [6, 6.07) is 7.36. The first-order chi connectivity index (χ1) is 10.0. The van der Waals surface area contributed by atoms with Gasteiger partial charge in [-0.15, -0.1) is 0 Å². The van der Waals surface area contributed by atoms with Gasteiger partial charge in [0, 0.05) is 12.0 Å². The normalized spacial score (nSPS) is 30.5. The van der Waals surface area contributed by atoms with Crippen LogP contribution >= 0.6 is 0 Å². The van der Waals surface area contributed by atoms with E-state index in [2.05, 4.69) is 33.0 Å². The minimum Gasteiger partial charge on any atom is -0.375 e. The summed E-state index contributed by atoms with van der Waals surface area (Å²) in [5, 5.41) is 3.62. The average molecular weight is 293 g/mol. The molecule has 21 heavy (non-hydrogen) atoms. The zero-order valence-corrected chi connectivity index (χ0v) is 13.6. The smallest absolute Gasteiger partial charge is 0.126 e. The molecule has 5 unspecified atom stereocenters. The first-order valence-corrected chi connectivity index (χ1v) is 8.16. The monoisotopic (exact) mass is 293 g/mol. The first kappa shape index (κ1) is 16.4. The highest BCUT2D eigenvalue weighted by Crippen LogP contribution is 2.35. The Morgan fingerprint density at radius 3 is 2.48 bits per heavy atom. The molecule has 3 heteroatoms. The Kier molecular flexibility index (Phi) is 5.77. The van der Waals surface area contributed by atoms with Gasteiger partial charge < -0.3 is 10.1 Å². The van der Waals surface area contributed by atoms with Gasteiger partial charge in [0.15, 0.2) is 0 Å². The van der Waals surface area contributed by atoms with Crippen LogP contribution in [0, 0.1) is 17.7 Å². The number of hydrogen-bond donors (Lipinski definition) is 1. The fourth-order valence-corrected chi connectivity index (χ4v) is 3.56. The van der Waals surface area contributed by atoms with Gasteiger partial charge in [-0.05, 0) is 50.8 Å². The fraction of sp³-hybridized carbons (Fsp3) is 0.667. The number of benzene rings is 1. The molecule has 1 aromatic rings. The van der Waals surface area contributed by atoms with Crippen molar-refractivity contribution in [1.29, 1.82) is 0 Å². The van der Waals surface area contributed by atoms with Gasteiger partial charge in [0.2, 0.25) is 0 Å². The number of nitrogens with one attached hydrogen (secondary N) is 1. The van der Waals surface area contributed by atoms with Crippen LogP contribution < -0.4 is 5.32 Å². The van der Waals surface area contributed by atoms with Gasteiger partial charge in [-0.1, -0.05) is 32.0 Å². The maximum Gasteiger partial charge on any atom is 0.126 e. The number of halogens is 1. The summed E-state index contributed by atoms with van der Waals surface area (Å²) in [7, 11) is 0. The summed E-state index contributed by atoms with van der Waals surface area (Å²) in [4.78, 5) is 0. The summed E-state index contributed by atoms with van der Waals surface area (Å²) >= 11 is 0. The Morgan fingerprint density at radius 1 is 1.19 bits per heavy atom. The van der Waals surface area contributed by atoms with E-state index in [1.165, 1.54) is 0 Å². The number of hydrogen-bond acceptors (Lipinski definition) is 2. The predicted molar refractivity (Wildman–Crippen MR) is 84.8 cm³/mol. The minimum atomic E-state index is -0.104. The van der Waals surface area contributed by atoms with E-state index in [1.807, 2.05) is 12.1 Å². The molecule has 0 amide bonds. The van der Waals surface area contributed by atoms with Crippen LogP contribution in [0.5, 0.6) is 0 Å². The van der Waals surface area contributed by atoms with Crippen LogP contribution in [0.1, 0.15) is 39.7 Å². The van der Waals surface area contributed by atoms with E-state index in [9.17, 15) is 4.39 Å². The topological polar surface area (TPSA) is 21.3 Å². The highest BCUT2D eigenvalue weighted by molar-refractivity contribution is 5.19. The Morgan fingerprint density at radius 2 is 1.90 bits per heavy atom. The van der Waals surface area contributed by atoms with Crippen molar-refractivity contribution in [2.24, 2.45) is 11.8 Å². The van der Waals surface area contributed by atoms with Gasteiger partial charge >= 0.3 is 0 Å². The van der Waals surface area contributed by atoms with Crippen LogP contribution in [0.15, 0.2) is 24.3 Å². The maximum absolute atomic E-state index is 14.0. The second-order valence-electron chi connectivity index (χ2n) is 6.34. The van der Waals surface area contributed by atoms with Crippen LogP contribution in [-0.2, 0) is 11.2 Å².